The standard InChI is InChI=1S/C10H17NO2/c1-13-10(12)9-8(7-4-5-7)3-2-6-11-9/h7-9,11H,2-6H2,1H3. The lowest BCUT2D eigenvalue weighted by atomic mass is 9.87. The molecule has 13 heavy (non-hydrogen) atoms. The van der Waals surface area contributed by atoms with Crippen LogP contribution in [0.2, 0.25) is 0 Å². The number of rotatable bonds is 2. The topological polar surface area (TPSA) is 38.3 Å². The molecule has 0 aromatic rings. The van der Waals surface area contributed by atoms with E-state index in [-0.39, 0.29) is 12.0 Å². The van der Waals surface area contributed by atoms with Gasteiger partial charge < -0.3 is 10.1 Å². The zero-order valence-corrected chi connectivity index (χ0v) is 8.08. The monoisotopic (exact) mass is 183 g/mol. The summed E-state index contributed by atoms with van der Waals surface area (Å²) in [7, 11) is 1.47. The second-order valence-electron chi connectivity index (χ2n) is 4.10. The Kier molecular flexibility index (Phi) is 2.54. The predicted molar refractivity (Wildman–Crippen MR) is 49.3 cm³/mol. The van der Waals surface area contributed by atoms with Crippen molar-refractivity contribution in [2.75, 3.05) is 13.7 Å². The summed E-state index contributed by atoms with van der Waals surface area (Å²) in [6.07, 6.45) is 5.01. The first kappa shape index (κ1) is 9.00. The van der Waals surface area contributed by atoms with Gasteiger partial charge in [0.15, 0.2) is 0 Å². The van der Waals surface area contributed by atoms with E-state index in [1.165, 1.54) is 32.8 Å². The van der Waals surface area contributed by atoms with E-state index in [4.69, 9.17) is 4.74 Å². The second-order valence-corrected chi connectivity index (χ2v) is 4.10. The summed E-state index contributed by atoms with van der Waals surface area (Å²) in [5.74, 6) is 1.26. The molecule has 74 valence electrons. The van der Waals surface area contributed by atoms with Gasteiger partial charge in [0.2, 0.25) is 0 Å². The number of nitrogens with one attached hydrogen (secondary N) is 1. The fourth-order valence-electron chi connectivity index (χ4n) is 2.33. The molecule has 0 spiro atoms. The quantitative estimate of drug-likeness (QED) is 0.647. The van der Waals surface area contributed by atoms with Crippen LogP contribution in [0.4, 0.5) is 0 Å². The molecule has 0 amide bonds. The number of piperidine rings is 1. The number of methoxy groups -OCH3 is 1. The average Bonchev–Trinajstić information content (AvgIpc) is 3.00. The first-order valence-electron chi connectivity index (χ1n) is 5.14. The summed E-state index contributed by atoms with van der Waals surface area (Å²) >= 11 is 0. The molecular weight excluding hydrogens is 166 g/mol. The van der Waals surface area contributed by atoms with Crippen LogP contribution < -0.4 is 5.32 Å². The smallest absolute Gasteiger partial charge is 0.323 e. The van der Waals surface area contributed by atoms with Crippen molar-refractivity contribution in [1.82, 2.24) is 5.32 Å². The van der Waals surface area contributed by atoms with Crippen LogP contribution in [-0.2, 0) is 9.53 Å². The van der Waals surface area contributed by atoms with Gasteiger partial charge in [0, 0.05) is 0 Å². The zero-order chi connectivity index (χ0) is 9.26. The Balaban J connectivity index is 1.99. The van der Waals surface area contributed by atoms with Gasteiger partial charge in [0.25, 0.3) is 0 Å². The highest BCUT2D eigenvalue weighted by molar-refractivity contribution is 5.76. The van der Waals surface area contributed by atoms with Crippen molar-refractivity contribution < 1.29 is 9.53 Å². The van der Waals surface area contributed by atoms with Gasteiger partial charge in [-0.15, -0.1) is 0 Å². The molecule has 1 heterocycles. The van der Waals surface area contributed by atoms with Crippen LogP contribution in [-0.4, -0.2) is 25.7 Å². The van der Waals surface area contributed by atoms with E-state index in [1.54, 1.807) is 0 Å². The third-order valence-electron chi connectivity index (χ3n) is 3.19. The molecule has 1 N–H and O–H groups in total. The minimum absolute atomic E-state index is 0.0220. The Morgan fingerprint density at radius 3 is 2.77 bits per heavy atom. The molecule has 2 aliphatic rings. The Labute approximate surface area is 78.8 Å². The molecule has 1 saturated carbocycles. The highest BCUT2D eigenvalue weighted by Gasteiger charge is 2.41. The maximum atomic E-state index is 11.4. The van der Waals surface area contributed by atoms with Gasteiger partial charge in [-0.05, 0) is 44.1 Å². The van der Waals surface area contributed by atoms with Gasteiger partial charge >= 0.3 is 5.97 Å². The second kappa shape index (κ2) is 3.66. The number of carbonyl (C=O) groups excluding carboxylic acids is 1. The van der Waals surface area contributed by atoms with Gasteiger partial charge in [0.1, 0.15) is 6.04 Å². The molecular formula is C10H17NO2. The van der Waals surface area contributed by atoms with E-state index in [0.717, 1.165) is 12.5 Å². The molecule has 0 aromatic heterocycles. The molecule has 0 radical (unpaired) electrons. The molecule has 2 rings (SSSR count). The molecule has 1 aliphatic heterocycles. The number of hydrogen-bond acceptors (Lipinski definition) is 3. The van der Waals surface area contributed by atoms with Gasteiger partial charge in [0.05, 0.1) is 7.11 Å². The Morgan fingerprint density at radius 1 is 1.38 bits per heavy atom. The molecule has 2 unspecified atom stereocenters. The first-order valence-corrected chi connectivity index (χ1v) is 5.14. The SMILES string of the molecule is COC(=O)C1NCCCC1C1CC1. The lowest BCUT2D eigenvalue weighted by molar-refractivity contribution is -0.145. The summed E-state index contributed by atoms with van der Waals surface area (Å²) in [5.41, 5.74) is 0. The van der Waals surface area contributed by atoms with Crippen molar-refractivity contribution in [3.63, 3.8) is 0 Å². The summed E-state index contributed by atoms with van der Waals surface area (Å²) in [6.45, 7) is 0.961. The molecule has 0 bridgehead atoms. The summed E-state index contributed by atoms with van der Waals surface area (Å²) in [4.78, 5) is 11.4. The highest BCUT2D eigenvalue weighted by atomic mass is 16.5. The van der Waals surface area contributed by atoms with Crippen molar-refractivity contribution in [3.05, 3.63) is 0 Å². The molecule has 1 aliphatic carbocycles. The van der Waals surface area contributed by atoms with Crippen LogP contribution >= 0.6 is 0 Å². The van der Waals surface area contributed by atoms with E-state index in [9.17, 15) is 4.79 Å². The Hall–Kier alpha value is -0.570. The van der Waals surface area contributed by atoms with E-state index < -0.39 is 0 Å². The van der Waals surface area contributed by atoms with Gasteiger partial charge in [-0.25, -0.2) is 0 Å². The van der Waals surface area contributed by atoms with Crippen molar-refractivity contribution in [1.29, 1.82) is 0 Å². The van der Waals surface area contributed by atoms with Crippen molar-refractivity contribution in [2.24, 2.45) is 11.8 Å². The lowest BCUT2D eigenvalue weighted by Crippen LogP contribution is -2.48. The molecule has 2 atom stereocenters. The third kappa shape index (κ3) is 1.85. The van der Waals surface area contributed by atoms with Crippen LogP contribution in [0.25, 0.3) is 0 Å². The number of esters is 1. The molecule has 3 nitrogen and oxygen atoms in total. The van der Waals surface area contributed by atoms with Crippen LogP contribution in [0.3, 0.4) is 0 Å². The van der Waals surface area contributed by atoms with Gasteiger partial charge in [-0.2, -0.15) is 0 Å². The average molecular weight is 183 g/mol. The summed E-state index contributed by atoms with van der Waals surface area (Å²) in [5, 5.41) is 3.27. The fraction of sp³-hybridized carbons (Fsp3) is 0.900. The molecule has 0 aromatic carbocycles. The molecule has 1 saturated heterocycles. The van der Waals surface area contributed by atoms with Gasteiger partial charge in [-0.1, -0.05) is 0 Å². The largest absolute Gasteiger partial charge is 0.468 e. The van der Waals surface area contributed by atoms with E-state index in [1.807, 2.05) is 0 Å². The van der Waals surface area contributed by atoms with Crippen molar-refractivity contribution in [2.45, 2.75) is 31.7 Å². The first-order chi connectivity index (χ1) is 6.33. The van der Waals surface area contributed by atoms with E-state index >= 15 is 0 Å². The Bertz CT molecular complexity index is 201. The van der Waals surface area contributed by atoms with Crippen molar-refractivity contribution >= 4 is 5.97 Å². The molecule has 3 heteroatoms. The number of hydrogen-bond donors (Lipinski definition) is 1. The highest BCUT2D eigenvalue weighted by Crippen LogP contribution is 2.42. The normalized spacial score (nSPS) is 34.2. The predicted octanol–water partition coefficient (Wildman–Crippen LogP) is 0.938. The summed E-state index contributed by atoms with van der Waals surface area (Å²) in [6, 6.07) is -0.0220. The maximum Gasteiger partial charge on any atom is 0.323 e. The zero-order valence-electron chi connectivity index (χ0n) is 8.08. The minimum atomic E-state index is -0.0726. The molecule has 2 fully saturated rings. The minimum Gasteiger partial charge on any atom is -0.468 e. The van der Waals surface area contributed by atoms with Crippen LogP contribution in [0.1, 0.15) is 25.7 Å². The third-order valence-corrected chi connectivity index (χ3v) is 3.19. The van der Waals surface area contributed by atoms with Gasteiger partial charge in [-0.3, -0.25) is 4.79 Å². The van der Waals surface area contributed by atoms with Crippen LogP contribution in [0, 0.1) is 11.8 Å². The van der Waals surface area contributed by atoms with Crippen LogP contribution in [0.15, 0.2) is 0 Å². The summed E-state index contributed by atoms with van der Waals surface area (Å²) < 4.78 is 4.80. The van der Waals surface area contributed by atoms with E-state index in [2.05, 4.69) is 5.32 Å². The number of ether oxygens (including phenoxy) is 1. The lowest BCUT2D eigenvalue weighted by Gasteiger charge is -2.30. The Morgan fingerprint density at radius 2 is 2.15 bits per heavy atom. The number of carbonyl (C=O) groups is 1. The fourth-order valence-corrected chi connectivity index (χ4v) is 2.33. The van der Waals surface area contributed by atoms with Crippen molar-refractivity contribution in [3.8, 4) is 0 Å². The van der Waals surface area contributed by atoms with Crippen LogP contribution in [0.5, 0.6) is 0 Å². The van der Waals surface area contributed by atoms with E-state index in [0.29, 0.717) is 5.92 Å². The maximum absolute atomic E-state index is 11.4.